The lowest BCUT2D eigenvalue weighted by Gasteiger charge is -2.09. The maximum absolute atomic E-state index is 12.5. The molecule has 1 heterocycles. The summed E-state index contributed by atoms with van der Waals surface area (Å²) >= 11 is 0. The second-order valence-corrected chi connectivity index (χ2v) is 6.13. The fourth-order valence-electron chi connectivity index (χ4n) is 2.59. The Balaban J connectivity index is 0.00000225. The molecule has 30 heavy (non-hydrogen) atoms. The molecule has 0 bridgehead atoms. The van der Waals surface area contributed by atoms with Crippen LogP contribution in [0.4, 0.5) is 0 Å². The minimum absolute atomic E-state index is 0. The zero-order valence-corrected chi connectivity index (χ0v) is 17.6. The number of nitrogens with zero attached hydrogens (tertiary/aromatic N) is 1. The third kappa shape index (κ3) is 6.73. The highest BCUT2D eigenvalue weighted by molar-refractivity contribution is 5.95. The van der Waals surface area contributed by atoms with E-state index >= 15 is 0 Å². The van der Waals surface area contributed by atoms with Crippen LogP contribution < -0.4 is 21.5 Å². The zero-order valence-electron chi connectivity index (χ0n) is 16.0. The van der Waals surface area contributed by atoms with Gasteiger partial charge in [-0.25, -0.2) is 4.98 Å². The van der Waals surface area contributed by atoms with E-state index in [4.69, 9.17) is 21.6 Å². The summed E-state index contributed by atoms with van der Waals surface area (Å²) in [5.41, 5.74) is 14.0. The summed E-state index contributed by atoms with van der Waals surface area (Å²) in [6.45, 7) is 0.720. The molecule has 0 unspecified atom stereocenters. The highest BCUT2D eigenvalue weighted by atomic mass is 35.5. The summed E-state index contributed by atoms with van der Waals surface area (Å²) < 4.78 is 5.73. The number of amides is 1. The molecule has 6 N–H and O–H groups in total. The standard InChI is InChI=1S/C21H21N5O2.2ClH/c22-12-14-7-8-25-19(10-14)28-18-6-2-5-17(11-18)21(27)26-13-15-3-1-4-16(9-15)20(23)24;;/h1-11H,12-13,22H2,(H3,23,24)(H,26,27);2*1H. The maximum Gasteiger partial charge on any atom is 0.251 e. The second kappa shape index (κ2) is 11.8. The van der Waals surface area contributed by atoms with E-state index in [1.165, 1.54) is 0 Å². The van der Waals surface area contributed by atoms with Crippen LogP contribution in [0.25, 0.3) is 0 Å². The van der Waals surface area contributed by atoms with Crippen molar-refractivity contribution in [1.82, 2.24) is 10.3 Å². The molecule has 0 spiro atoms. The number of aromatic nitrogens is 1. The largest absolute Gasteiger partial charge is 0.439 e. The van der Waals surface area contributed by atoms with Gasteiger partial charge in [0.05, 0.1) is 0 Å². The monoisotopic (exact) mass is 447 g/mol. The number of amidine groups is 1. The SMILES string of the molecule is Cl.Cl.N=C(N)c1cccc(CNC(=O)c2cccc(Oc3cc(CN)ccn3)c2)c1. The normalized spacial score (nSPS) is 9.63. The summed E-state index contributed by atoms with van der Waals surface area (Å²) in [6.07, 6.45) is 1.63. The summed E-state index contributed by atoms with van der Waals surface area (Å²) in [4.78, 5) is 16.6. The Labute approximate surface area is 187 Å². The van der Waals surface area contributed by atoms with Crippen molar-refractivity contribution < 1.29 is 9.53 Å². The van der Waals surface area contributed by atoms with Gasteiger partial charge in [0.2, 0.25) is 5.88 Å². The molecule has 0 aliphatic carbocycles. The molecule has 2 aromatic carbocycles. The smallest absolute Gasteiger partial charge is 0.251 e. The summed E-state index contributed by atoms with van der Waals surface area (Å²) in [5, 5.41) is 10.3. The van der Waals surface area contributed by atoms with Gasteiger partial charge in [-0.2, -0.15) is 0 Å². The number of nitrogen functional groups attached to an aromatic ring is 1. The average Bonchev–Trinajstić information content (AvgIpc) is 2.72. The molecule has 0 atom stereocenters. The van der Waals surface area contributed by atoms with Crippen LogP contribution >= 0.6 is 24.8 Å². The van der Waals surface area contributed by atoms with Gasteiger partial charge in [0.15, 0.2) is 0 Å². The summed E-state index contributed by atoms with van der Waals surface area (Å²) in [6, 6.07) is 17.6. The number of rotatable bonds is 7. The average molecular weight is 448 g/mol. The summed E-state index contributed by atoms with van der Waals surface area (Å²) in [5.74, 6) is 0.683. The third-order valence-electron chi connectivity index (χ3n) is 4.04. The van der Waals surface area contributed by atoms with Crippen LogP contribution in [-0.4, -0.2) is 16.7 Å². The van der Waals surface area contributed by atoms with Gasteiger partial charge in [0, 0.05) is 36.5 Å². The molecule has 158 valence electrons. The molecule has 0 saturated carbocycles. The molecule has 3 rings (SSSR count). The second-order valence-electron chi connectivity index (χ2n) is 6.13. The van der Waals surface area contributed by atoms with E-state index in [1.54, 1.807) is 54.7 Å². The van der Waals surface area contributed by atoms with Gasteiger partial charge in [0.25, 0.3) is 5.91 Å². The van der Waals surface area contributed by atoms with Crippen molar-refractivity contribution in [2.24, 2.45) is 11.5 Å². The van der Waals surface area contributed by atoms with Crippen LogP contribution in [0.1, 0.15) is 27.0 Å². The van der Waals surface area contributed by atoms with Gasteiger partial charge in [-0.05, 0) is 41.5 Å². The Morgan fingerprint density at radius 2 is 1.73 bits per heavy atom. The quantitative estimate of drug-likeness (QED) is 0.326. The molecule has 0 aliphatic heterocycles. The fraction of sp³-hybridized carbons (Fsp3) is 0.0952. The predicted molar refractivity (Wildman–Crippen MR) is 122 cm³/mol. The molecule has 0 saturated heterocycles. The van der Waals surface area contributed by atoms with Crippen LogP contribution in [0.5, 0.6) is 11.6 Å². The Kier molecular flexibility index (Phi) is 9.77. The summed E-state index contributed by atoms with van der Waals surface area (Å²) in [7, 11) is 0. The lowest BCUT2D eigenvalue weighted by atomic mass is 10.1. The van der Waals surface area contributed by atoms with Crippen molar-refractivity contribution in [3.63, 3.8) is 0 Å². The number of hydrogen-bond acceptors (Lipinski definition) is 5. The van der Waals surface area contributed by atoms with Crippen LogP contribution in [0.3, 0.4) is 0 Å². The molecule has 0 aliphatic rings. The molecule has 1 aromatic heterocycles. The van der Waals surface area contributed by atoms with Gasteiger partial charge in [0.1, 0.15) is 11.6 Å². The maximum atomic E-state index is 12.5. The van der Waals surface area contributed by atoms with E-state index in [0.29, 0.717) is 35.8 Å². The topological polar surface area (TPSA) is 127 Å². The molecule has 7 nitrogen and oxygen atoms in total. The molecular weight excluding hydrogens is 425 g/mol. The molecule has 0 fully saturated rings. The number of nitrogens with two attached hydrogens (primary N) is 2. The zero-order chi connectivity index (χ0) is 19.9. The Bertz CT molecular complexity index is 1010. The number of carbonyl (C=O) groups is 1. The molecule has 9 heteroatoms. The highest BCUT2D eigenvalue weighted by Gasteiger charge is 2.08. The van der Waals surface area contributed by atoms with E-state index in [1.807, 2.05) is 12.1 Å². The number of nitrogens with one attached hydrogen (secondary N) is 2. The van der Waals surface area contributed by atoms with Crippen LogP contribution in [-0.2, 0) is 13.1 Å². The van der Waals surface area contributed by atoms with E-state index < -0.39 is 0 Å². The van der Waals surface area contributed by atoms with E-state index in [-0.39, 0.29) is 36.6 Å². The van der Waals surface area contributed by atoms with E-state index in [9.17, 15) is 4.79 Å². The molecule has 3 aromatic rings. The number of benzene rings is 2. The lowest BCUT2D eigenvalue weighted by Crippen LogP contribution is -2.23. The molecule has 1 amide bonds. The van der Waals surface area contributed by atoms with Gasteiger partial charge in [-0.15, -0.1) is 24.8 Å². The number of pyridine rings is 1. The van der Waals surface area contributed by atoms with Gasteiger partial charge < -0.3 is 21.5 Å². The number of ether oxygens (including phenoxy) is 1. The first-order valence-electron chi connectivity index (χ1n) is 8.69. The predicted octanol–water partition coefficient (Wildman–Crippen LogP) is 3.39. The Morgan fingerprint density at radius 3 is 2.47 bits per heavy atom. The van der Waals surface area contributed by atoms with Crippen molar-refractivity contribution >= 4 is 36.6 Å². The Hall–Kier alpha value is -3.13. The fourth-order valence-corrected chi connectivity index (χ4v) is 2.59. The minimum Gasteiger partial charge on any atom is -0.439 e. The number of halogens is 2. The van der Waals surface area contributed by atoms with Crippen LogP contribution in [0.15, 0.2) is 66.9 Å². The first kappa shape index (κ1) is 24.9. The van der Waals surface area contributed by atoms with Crippen molar-refractivity contribution in [1.29, 1.82) is 5.41 Å². The van der Waals surface area contributed by atoms with Gasteiger partial charge in [-0.1, -0.05) is 24.3 Å². The first-order chi connectivity index (χ1) is 13.5. The Morgan fingerprint density at radius 1 is 1.00 bits per heavy atom. The van der Waals surface area contributed by atoms with Crippen LogP contribution in [0.2, 0.25) is 0 Å². The van der Waals surface area contributed by atoms with Crippen molar-refractivity contribution in [3.8, 4) is 11.6 Å². The number of hydrogen-bond donors (Lipinski definition) is 4. The van der Waals surface area contributed by atoms with E-state index in [0.717, 1.165) is 11.1 Å². The highest BCUT2D eigenvalue weighted by Crippen LogP contribution is 2.21. The van der Waals surface area contributed by atoms with Crippen molar-refractivity contribution in [3.05, 3.63) is 89.1 Å². The third-order valence-corrected chi connectivity index (χ3v) is 4.04. The van der Waals surface area contributed by atoms with Gasteiger partial charge >= 0.3 is 0 Å². The molecule has 0 radical (unpaired) electrons. The minimum atomic E-state index is -0.234. The molecular formula is C21H23Cl2N5O2. The van der Waals surface area contributed by atoms with Crippen molar-refractivity contribution in [2.75, 3.05) is 0 Å². The van der Waals surface area contributed by atoms with E-state index in [2.05, 4.69) is 10.3 Å². The lowest BCUT2D eigenvalue weighted by molar-refractivity contribution is 0.0950. The number of carbonyl (C=O) groups excluding carboxylic acids is 1. The first-order valence-corrected chi connectivity index (χ1v) is 8.69. The van der Waals surface area contributed by atoms with Gasteiger partial charge in [-0.3, -0.25) is 10.2 Å². The van der Waals surface area contributed by atoms with Crippen LogP contribution in [0, 0.1) is 5.41 Å². The van der Waals surface area contributed by atoms with Crippen molar-refractivity contribution in [2.45, 2.75) is 13.1 Å².